The van der Waals surface area contributed by atoms with E-state index in [1.807, 2.05) is 0 Å². The highest BCUT2D eigenvalue weighted by Crippen LogP contribution is 2.39. The number of hydrogen-bond donors (Lipinski definition) is 0. The summed E-state index contributed by atoms with van der Waals surface area (Å²) in [6.45, 7) is 2.20. The third kappa shape index (κ3) is 1.35. The monoisotopic (exact) mass is 162 g/mol. The molecular formula is C12H18. The fraction of sp³-hybridized carbons (Fsp3) is 0.667. The van der Waals surface area contributed by atoms with Gasteiger partial charge in [-0.05, 0) is 45.4 Å². The molecule has 0 spiro atoms. The van der Waals surface area contributed by atoms with Crippen LogP contribution in [-0.2, 0) is 0 Å². The summed E-state index contributed by atoms with van der Waals surface area (Å²) in [6.07, 6.45) is 13.1. The minimum absolute atomic E-state index is 0.859. The average Bonchev–Trinajstić information content (AvgIpc) is 2.17. The summed E-state index contributed by atoms with van der Waals surface area (Å²) in [5, 5.41) is 0. The molecule has 0 N–H and O–H groups in total. The number of rotatable bonds is 0. The Kier molecular flexibility index (Phi) is 2.34. The van der Waals surface area contributed by atoms with Crippen LogP contribution in [0.1, 0.15) is 45.4 Å². The SMILES string of the molecule is CC=C1CCCC2=CCCCC12. The first-order chi connectivity index (χ1) is 5.92. The molecule has 1 saturated carbocycles. The second-order valence-corrected chi connectivity index (χ2v) is 3.98. The molecule has 2 rings (SSSR count). The van der Waals surface area contributed by atoms with Crippen molar-refractivity contribution < 1.29 is 0 Å². The van der Waals surface area contributed by atoms with Gasteiger partial charge in [0.25, 0.3) is 0 Å². The maximum Gasteiger partial charge on any atom is 0.000691 e. The molecule has 0 nitrogen and oxygen atoms in total. The molecule has 0 radical (unpaired) electrons. The maximum atomic E-state index is 2.50. The minimum Gasteiger partial charge on any atom is -0.0879 e. The molecule has 2 aliphatic carbocycles. The van der Waals surface area contributed by atoms with Crippen molar-refractivity contribution in [2.75, 3.05) is 0 Å². The highest BCUT2D eigenvalue weighted by atomic mass is 14.3. The Morgan fingerprint density at radius 2 is 2.25 bits per heavy atom. The number of fused-ring (bicyclic) bond motifs is 1. The fourth-order valence-corrected chi connectivity index (χ4v) is 2.65. The molecule has 0 saturated heterocycles. The quantitative estimate of drug-likeness (QED) is 0.475. The van der Waals surface area contributed by atoms with Gasteiger partial charge in [0.15, 0.2) is 0 Å². The van der Waals surface area contributed by atoms with Crippen molar-refractivity contribution in [3.63, 3.8) is 0 Å². The minimum atomic E-state index is 0.859. The van der Waals surface area contributed by atoms with E-state index in [4.69, 9.17) is 0 Å². The second kappa shape index (κ2) is 3.47. The fourth-order valence-electron chi connectivity index (χ4n) is 2.65. The van der Waals surface area contributed by atoms with E-state index in [9.17, 15) is 0 Å². The van der Waals surface area contributed by atoms with Gasteiger partial charge in [0.05, 0.1) is 0 Å². The summed E-state index contributed by atoms with van der Waals surface area (Å²) in [4.78, 5) is 0. The van der Waals surface area contributed by atoms with Gasteiger partial charge in [0, 0.05) is 5.92 Å². The predicted molar refractivity (Wildman–Crippen MR) is 53.0 cm³/mol. The summed E-state index contributed by atoms with van der Waals surface area (Å²) >= 11 is 0. The Bertz CT molecular complexity index is 220. The zero-order valence-corrected chi connectivity index (χ0v) is 7.97. The van der Waals surface area contributed by atoms with E-state index in [1.165, 1.54) is 38.5 Å². The van der Waals surface area contributed by atoms with Crippen molar-refractivity contribution in [2.45, 2.75) is 45.4 Å². The van der Waals surface area contributed by atoms with Crippen LogP contribution in [0.2, 0.25) is 0 Å². The summed E-state index contributed by atoms with van der Waals surface area (Å²) in [7, 11) is 0. The lowest BCUT2D eigenvalue weighted by Gasteiger charge is -2.31. The van der Waals surface area contributed by atoms with Gasteiger partial charge in [-0.3, -0.25) is 0 Å². The predicted octanol–water partition coefficient (Wildman–Crippen LogP) is 3.84. The van der Waals surface area contributed by atoms with Crippen molar-refractivity contribution in [1.29, 1.82) is 0 Å². The van der Waals surface area contributed by atoms with E-state index in [-0.39, 0.29) is 0 Å². The summed E-state index contributed by atoms with van der Waals surface area (Å²) in [6, 6.07) is 0. The van der Waals surface area contributed by atoms with Gasteiger partial charge in [-0.15, -0.1) is 0 Å². The molecule has 0 aliphatic heterocycles. The normalized spacial score (nSPS) is 32.9. The molecule has 0 amide bonds. The first kappa shape index (κ1) is 8.10. The van der Waals surface area contributed by atoms with Gasteiger partial charge in [-0.2, -0.15) is 0 Å². The Morgan fingerprint density at radius 1 is 1.33 bits per heavy atom. The van der Waals surface area contributed by atoms with Crippen molar-refractivity contribution in [3.05, 3.63) is 23.3 Å². The summed E-state index contributed by atoms with van der Waals surface area (Å²) < 4.78 is 0. The molecule has 2 aliphatic rings. The summed E-state index contributed by atoms with van der Waals surface area (Å²) in [5.74, 6) is 0.859. The lowest BCUT2D eigenvalue weighted by molar-refractivity contribution is 0.492. The van der Waals surface area contributed by atoms with Crippen LogP contribution in [0.4, 0.5) is 0 Å². The third-order valence-corrected chi connectivity index (χ3v) is 3.30. The molecule has 0 bridgehead atoms. The molecule has 1 fully saturated rings. The van der Waals surface area contributed by atoms with Crippen LogP contribution in [0, 0.1) is 5.92 Å². The first-order valence-corrected chi connectivity index (χ1v) is 5.26. The smallest absolute Gasteiger partial charge is 0.000691 e. The molecule has 0 aromatic carbocycles. The van der Waals surface area contributed by atoms with E-state index in [0.717, 1.165) is 5.92 Å². The highest BCUT2D eigenvalue weighted by Gasteiger charge is 2.24. The van der Waals surface area contributed by atoms with Crippen molar-refractivity contribution in [1.82, 2.24) is 0 Å². The van der Waals surface area contributed by atoms with Crippen LogP contribution in [-0.4, -0.2) is 0 Å². The van der Waals surface area contributed by atoms with Gasteiger partial charge >= 0.3 is 0 Å². The second-order valence-electron chi connectivity index (χ2n) is 3.98. The Morgan fingerprint density at radius 3 is 3.08 bits per heavy atom. The molecule has 0 heterocycles. The largest absolute Gasteiger partial charge is 0.0879 e. The van der Waals surface area contributed by atoms with Gasteiger partial charge in [-0.1, -0.05) is 23.3 Å². The topological polar surface area (TPSA) is 0 Å². The third-order valence-electron chi connectivity index (χ3n) is 3.30. The lowest BCUT2D eigenvalue weighted by Crippen LogP contribution is -2.15. The summed E-state index contributed by atoms with van der Waals surface area (Å²) in [5.41, 5.74) is 3.47. The van der Waals surface area contributed by atoms with E-state index in [0.29, 0.717) is 0 Å². The standard InChI is InChI=1S/C12H18/c1-2-10-7-5-8-11-6-3-4-9-12(10)11/h2,6,12H,3-5,7-9H2,1H3. The van der Waals surface area contributed by atoms with Gasteiger partial charge in [-0.25, -0.2) is 0 Å². The van der Waals surface area contributed by atoms with E-state index in [2.05, 4.69) is 19.1 Å². The molecule has 0 heteroatoms. The maximum absolute atomic E-state index is 2.50. The van der Waals surface area contributed by atoms with E-state index >= 15 is 0 Å². The Balaban J connectivity index is 2.22. The molecule has 12 heavy (non-hydrogen) atoms. The number of hydrogen-bond acceptors (Lipinski definition) is 0. The zero-order valence-electron chi connectivity index (χ0n) is 7.97. The van der Waals surface area contributed by atoms with Crippen molar-refractivity contribution >= 4 is 0 Å². The lowest BCUT2D eigenvalue weighted by atomic mass is 9.74. The Labute approximate surface area is 75.4 Å². The zero-order chi connectivity index (χ0) is 8.39. The van der Waals surface area contributed by atoms with Crippen LogP contribution in [0.3, 0.4) is 0 Å². The van der Waals surface area contributed by atoms with Crippen LogP contribution in [0.5, 0.6) is 0 Å². The molecule has 66 valence electrons. The molecule has 0 aromatic heterocycles. The molecule has 1 unspecified atom stereocenters. The van der Waals surface area contributed by atoms with Crippen LogP contribution in [0.15, 0.2) is 23.3 Å². The Hall–Kier alpha value is -0.520. The average molecular weight is 162 g/mol. The van der Waals surface area contributed by atoms with Crippen LogP contribution >= 0.6 is 0 Å². The van der Waals surface area contributed by atoms with Crippen LogP contribution < -0.4 is 0 Å². The van der Waals surface area contributed by atoms with Crippen LogP contribution in [0.25, 0.3) is 0 Å². The molecule has 1 atom stereocenters. The first-order valence-electron chi connectivity index (χ1n) is 5.26. The van der Waals surface area contributed by atoms with Gasteiger partial charge < -0.3 is 0 Å². The molecule has 0 aromatic rings. The molecular weight excluding hydrogens is 144 g/mol. The van der Waals surface area contributed by atoms with E-state index in [1.54, 1.807) is 11.1 Å². The number of allylic oxidation sites excluding steroid dienone is 4. The highest BCUT2D eigenvalue weighted by molar-refractivity contribution is 5.26. The van der Waals surface area contributed by atoms with Crippen molar-refractivity contribution in [2.24, 2.45) is 5.92 Å². The van der Waals surface area contributed by atoms with Gasteiger partial charge in [0.1, 0.15) is 0 Å². The van der Waals surface area contributed by atoms with E-state index < -0.39 is 0 Å². The van der Waals surface area contributed by atoms with Crippen molar-refractivity contribution in [3.8, 4) is 0 Å². The van der Waals surface area contributed by atoms with Gasteiger partial charge in [0.2, 0.25) is 0 Å².